The van der Waals surface area contributed by atoms with E-state index in [1.807, 2.05) is 0 Å². The van der Waals surface area contributed by atoms with Crippen molar-refractivity contribution in [3.63, 3.8) is 0 Å². The predicted octanol–water partition coefficient (Wildman–Crippen LogP) is -0.526. The molecule has 3 amide bonds. The number of ether oxygens (including phenoxy) is 1. The van der Waals surface area contributed by atoms with Gasteiger partial charge in [-0.05, 0) is 20.8 Å². The van der Waals surface area contributed by atoms with Crippen molar-refractivity contribution in [2.45, 2.75) is 43.0 Å². The number of rotatable bonds is 9. The Morgan fingerprint density at radius 1 is 1.23 bits per heavy atom. The minimum atomic E-state index is -1.63. The first-order chi connectivity index (χ1) is 18.2. The van der Waals surface area contributed by atoms with Crippen LogP contribution in [0.1, 0.15) is 32.9 Å². The lowest BCUT2D eigenvalue weighted by molar-refractivity contribution is -0.166. The zero-order valence-corrected chi connectivity index (χ0v) is 23.6. The number of likely N-dealkylation sites (N-methyl/N-ethyl adjacent to an activating group) is 1. The average Bonchev–Trinajstić information content (AvgIpc) is 3.48. The van der Waals surface area contributed by atoms with Crippen LogP contribution in [0.2, 0.25) is 0 Å². The number of nitrogens with two attached hydrogens (primary N) is 1. The molecular formula is C23H28N6O8S2. The summed E-state index contributed by atoms with van der Waals surface area (Å²) in [4.78, 5) is 88.2. The summed E-state index contributed by atoms with van der Waals surface area (Å²) in [5.74, 6) is -4.57. The summed E-state index contributed by atoms with van der Waals surface area (Å²) in [6.07, 6.45) is -0.306. The standard InChI is InChI=1S/C23H28N6O8S2/c1-11(30)22(2,3)37-26-15(13-9-38-21(24)25-13)14(31)8-12-16(32)28-10-23(20(35)36-5,39-19(12)28)29-7-6-27(4)17(33)18(29)34/h9,12,19H,6-8,10H2,1-5H3,(H2,24,25)/b26-15-/t12-,19?,23-/m1/s1. The highest BCUT2D eigenvalue weighted by molar-refractivity contribution is 8.02. The number of thioether (sulfide) groups is 1. The maximum Gasteiger partial charge on any atom is 0.344 e. The maximum atomic E-state index is 13.4. The molecule has 210 valence electrons. The number of hydrogen-bond acceptors (Lipinski definition) is 13. The summed E-state index contributed by atoms with van der Waals surface area (Å²) in [6.45, 7) is 4.42. The molecule has 0 aliphatic carbocycles. The fraction of sp³-hybridized carbons (Fsp3) is 0.565. The number of nitrogen functional groups attached to an aromatic ring is 1. The van der Waals surface area contributed by atoms with Crippen molar-refractivity contribution in [3.8, 4) is 0 Å². The Morgan fingerprint density at radius 3 is 2.51 bits per heavy atom. The van der Waals surface area contributed by atoms with Crippen LogP contribution >= 0.6 is 23.1 Å². The van der Waals surface area contributed by atoms with Gasteiger partial charge in [-0.3, -0.25) is 24.0 Å². The molecule has 0 spiro atoms. The molecule has 16 heteroatoms. The number of methoxy groups -OCH3 is 1. The van der Waals surface area contributed by atoms with Crippen LogP contribution in [0.25, 0.3) is 0 Å². The lowest BCUT2D eigenvalue weighted by Crippen LogP contribution is -2.65. The van der Waals surface area contributed by atoms with Crippen molar-refractivity contribution in [2.75, 3.05) is 39.5 Å². The van der Waals surface area contributed by atoms with Gasteiger partial charge < -0.3 is 30.0 Å². The molecule has 14 nitrogen and oxygen atoms in total. The zero-order valence-electron chi connectivity index (χ0n) is 22.0. The van der Waals surface area contributed by atoms with Crippen LogP contribution in [0, 0.1) is 5.92 Å². The van der Waals surface area contributed by atoms with Gasteiger partial charge >= 0.3 is 17.8 Å². The van der Waals surface area contributed by atoms with Crippen molar-refractivity contribution < 1.29 is 38.3 Å². The molecular weight excluding hydrogens is 552 g/mol. The number of esters is 1. The molecule has 3 saturated heterocycles. The van der Waals surface area contributed by atoms with Gasteiger partial charge in [-0.2, -0.15) is 0 Å². The molecule has 1 aromatic rings. The van der Waals surface area contributed by atoms with E-state index in [4.69, 9.17) is 15.3 Å². The largest absolute Gasteiger partial charge is 0.467 e. The Hall–Kier alpha value is -3.53. The third-order valence-corrected chi connectivity index (χ3v) is 9.38. The smallest absolute Gasteiger partial charge is 0.344 e. The molecule has 3 atom stereocenters. The molecule has 1 aromatic heterocycles. The first kappa shape index (κ1) is 28.5. The number of β-lactam (4-membered cyclic amide) rings is 1. The van der Waals surface area contributed by atoms with E-state index < -0.39 is 51.2 Å². The van der Waals surface area contributed by atoms with Gasteiger partial charge in [0, 0.05) is 31.9 Å². The molecule has 3 aliphatic heterocycles. The number of carbonyl (C=O) groups is 6. The number of carbonyl (C=O) groups excluding carboxylic acids is 6. The molecule has 39 heavy (non-hydrogen) atoms. The van der Waals surface area contributed by atoms with Gasteiger partial charge in [0.2, 0.25) is 10.8 Å². The average molecular weight is 581 g/mol. The van der Waals surface area contributed by atoms with Crippen molar-refractivity contribution in [1.82, 2.24) is 19.7 Å². The van der Waals surface area contributed by atoms with Crippen LogP contribution in [-0.4, -0.2) is 110 Å². The summed E-state index contributed by atoms with van der Waals surface area (Å²) in [7, 11) is 2.65. The minimum absolute atomic E-state index is 0.0762. The summed E-state index contributed by atoms with van der Waals surface area (Å²) in [6, 6.07) is 0. The van der Waals surface area contributed by atoms with Crippen molar-refractivity contribution in [2.24, 2.45) is 11.1 Å². The number of piperazine rings is 1. The van der Waals surface area contributed by atoms with E-state index in [9.17, 15) is 28.8 Å². The molecule has 3 fully saturated rings. The molecule has 1 unspecified atom stereocenters. The summed E-state index contributed by atoms with van der Waals surface area (Å²) in [5.41, 5.74) is 4.34. The van der Waals surface area contributed by atoms with Crippen LogP contribution in [0.15, 0.2) is 10.5 Å². The van der Waals surface area contributed by atoms with E-state index in [2.05, 4.69) is 10.1 Å². The van der Waals surface area contributed by atoms with Gasteiger partial charge in [-0.1, -0.05) is 16.9 Å². The van der Waals surface area contributed by atoms with Gasteiger partial charge in [-0.25, -0.2) is 9.78 Å². The van der Waals surface area contributed by atoms with Crippen LogP contribution in [0.3, 0.4) is 0 Å². The third-order valence-electron chi connectivity index (χ3n) is 6.97. The SMILES string of the molecule is COC(=O)[C@@]1(N2CCN(C)C(=O)C2=O)CN2C(=O)[C@@H](CC(=O)/C(=N\OC(C)(C)C(C)=O)c3csc(N)n3)C2S1. The van der Waals surface area contributed by atoms with Gasteiger partial charge in [-0.15, -0.1) is 11.3 Å². The fourth-order valence-electron chi connectivity index (χ4n) is 4.33. The number of oxime groups is 1. The Bertz CT molecular complexity index is 1290. The monoisotopic (exact) mass is 580 g/mol. The van der Waals surface area contributed by atoms with Gasteiger partial charge in [0.25, 0.3) is 0 Å². The maximum absolute atomic E-state index is 13.4. The lowest BCUT2D eigenvalue weighted by atomic mass is 9.90. The third kappa shape index (κ3) is 4.86. The number of ketones is 2. The Kier molecular flexibility index (Phi) is 7.46. The van der Waals surface area contributed by atoms with Gasteiger partial charge in [0.05, 0.1) is 24.9 Å². The van der Waals surface area contributed by atoms with Crippen LogP contribution < -0.4 is 5.73 Å². The van der Waals surface area contributed by atoms with Gasteiger partial charge in [0.15, 0.2) is 28.0 Å². The van der Waals surface area contributed by atoms with E-state index in [0.29, 0.717) is 0 Å². The normalized spacial score (nSPS) is 25.4. The highest BCUT2D eigenvalue weighted by Crippen LogP contribution is 2.52. The van der Waals surface area contributed by atoms with E-state index in [0.717, 1.165) is 35.1 Å². The first-order valence-electron chi connectivity index (χ1n) is 11.9. The highest BCUT2D eigenvalue weighted by Gasteiger charge is 2.66. The topological polar surface area (TPSA) is 182 Å². The summed E-state index contributed by atoms with van der Waals surface area (Å²) >= 11 is 2.08. The number of amides is 3. The lowest BCUT2D eigenvalue weighted by Gasteiger charge is -2.41. The van der Waals surface area contributed by atoms with E-state index in [1.165, 1.54) is 43.0 Å². The molecule has 4 rings (SSSR count). The highest BCUT2D eigenvalue weighted by atomic mass is 32.2. The number of aromatic nitrogens is 1. The van der Waals surface area contributed by atoms with Crippen molar-refractivity contribution in [1.29, 1.82) is 0 Å². The van der Waals surface area contributed by atoms with Crippen LogP contribution in [-0.2, 0) is 38.3 Å². The number of thiazole rings is 1. The second kappa shape index (κ2) is 10.2. The fourth-order valence-corrected chi connectivity index (χ4v) is 6.65. The number of hydrogen-bond donors (Lipinski definition) is 1. The van der Waals surface area contributed by atoms with Crippen molar-refractivity contribution >= 4 is 69.2 Å². The van der Waals surface area contributed by atoms with Gasteiger partial charge in [0.1, 0.15) is 5.69 Å². The Balaban J connectivity index is 1.58. The number of fused-ring (bicyclic) bond motifs is 1. The molecule has 0 bridgehead atoms. The molecule has 3 aliphatic rings. The number of nitrogens with zero attached hydrogens (tertiary/aromatic N) is 5. The molecule has 0 saturated carbocycles. The predicted molar refractivity (Wildman–Crippen MR) is 139 cm³/mol. The van der Waals surface area contributed by atoms with Crippen LogP contribution in [0.4, 0.5) is 5.13 Å². The Morgan fingerprint density at radius 2 is 1.92 bits per heavy atom. The Labute approximate surface area is 231 Å². The number of Topliss-reactive ketones (excluding diaryl/α,β-unsaturated/α-hetero) is 2. The molecule has 4 heterocycles. The molecule has 0 radical (unpaired) electrons. The number of anilines is 1. The molecule has 2 N–H and O–H groups in total. The first-order valence-corrected chi connectivity index (χ1v) is 13.6. The van der Waals surface area contributed by atoms with E-state index in [1.54, 1.807) is 0 Å². The second-order valence-electron chi connectivity index (χ2n) is 9.84. The summed E-state index contributed by atoms with van der Waals surface area (Å²) in [5, 5.41) is 4.98. The van der Waals surface area contributed by atoms with Crippen LogP contribution in [0.5, 0.6) is 0 Å². The van der Waals surface area contributed by atoms with Crippen molar-refractivity contribution in [3.05, 3.63) is 11.1 Å². The second-order valence-corrected chi connectivity index (χ2v) is 12.1. The summed E-state index contributed by atoms with van der Waals surface area (Å²) < 4.78 is 4.99. The quantitative estimate of drug-likeness (QED) is 0.130. The molecule has 0 aromatic carbocycles. The van der Waals surface area contributed by atoms with E-state index >= 15 is 0 Å². The zero-order chi connectivity index (χ0) is 28.9. The minimum Gasteiger partial charge on any atom is -0.467 e. The van der Waals surface area contributed by atoms with E-state index in [-0.39, 0.29) is 48.4 Å².